The number of allylic oxidation sites excluding steroid dienone is 2. The fourth-order valence-electron chi connectivity index (χ4n) is 7.26. The van der Waals surface area contributed by atoms with Crippen molar-refractivity contribution in [2.24, 2.45) is 34.2 Å². The number of hydrogen-bond acceptors (Lipinski definition) is 11. The van der Waals surface area contributed by atoms with Crippen LogP contribution in [0.5, 0.6) is 0 Å². The molecule has 1 aliphatic heterocycles. The number of rotatable bonds is 15. The number of carbonyl (C=O) groups excluding carboxylic acids is 7. The van der Waals surface area contributed by atoms with Crippen molar-refractivity contribution in [1.29, 1.82) is 0 Å². The van der Waals surface area contributed by atoms with Gasteiger partial charge in [0.25, 0.3) is 5.91 Å². The molecule has 70 heavy (non-hydrogen) atoms. The molecule has 2 rings (SSSR count). The van der Waals surface area contributed by atoms with Gasteiger partial charge >= 0.3 is 11.9 Å². The highest BCUT2D eigenvalue weighted by atomic mass is 16.5. The van der Waals surface area contributed by atoms with Gasteiger partial charge in [-0.25, -0.2) is 9.59 Å². The van der Waals surface area contributed by atoms with Crippen molar-refractivity contribution in [3.63, 3.8) is 0 Å². The summed E-state index contributed by atoms with van der Waals surface area (Å²) in [7, 11) is 2.82. The molecule has 1 aromatic carbocycles. The van der Waals surface area contributed by atoms with Crippen LogP contribution < -0.4 is 43.4 Å². The maximum absolute atomic E-state index is 14.3. The van der Waals surface area contributed by atoms with Gasteiger partial charge in [0.2, 0.25) is 35.4 Å². The number of ether oxygens (including phenoxy) is 1. The Morgan fingerprint density at radius 3 is 2.07 bits per heavy atom. The molecule has 386 valence electrons. The predicted molar refractivity (Wildman–Crippen MR) is 260 cm³/mol. The second kappa shape index (κ2) is 29.0. The Morgan fingerprint density at radius 2 is 1.49 bits per heavy atom. The Balaban J connectivity index is 2.69. The summed E-state index contributed by atoms with van der Waals surface area (Å²) in [5.74, 6) is -11.0. The summed E-state index contributed by atoms with van der Waals surface area (Å²) in [6.07, 6.45) is 3.79. The standard InChI is InChI=1S/C48H72N10O12/c1-26(2)22-36-45(65)57-37(47(68)69)25-39(59)53-34(16-13-21-51-48(49)50)44(64)54-33(18-17-27(3)23-28(4)38(70-9)24-32-14-11-10-12-15-32)29(5)41(61)55-35(46(66)67)19-20-40(60)58(8)31(7)43(63)52-30(6)42(62)56-36/h10-12,14-15,17-18,23,26,28-30,33-38H,7,13,16,19-22,24-25H2,1-6,8-9H3,(H,52,63)(H,53,59)(H,54,64)(H,55,61)(H,56,62)(H,57,65)(H,66,67)(H,68,69)(H4,49,50,51)/b18-17+,27-23+/t28-,29-,30+,33-,34-,35+,36-,37+,38-/m0/s1. The first-order valence-electron chi connectivity index (χ1n) is 23.1. The molecule has 9 atom stereocenters. The molecule has 1 heterocycles. The van der Waals surface area contributed by atoms with Crippen molar-refractivity contribution in [2.45, 2.75) is 129 Å². The van der Waals surface area contributed by atoms with Gasteiger partial charge in [-0.1, -0.05) is 88.4 Å². The van der Waals surface area contributed by atoms with Gasteiger partial charge in [-0.15, -0.1) is 0 Å². The summed E-state index contributed by atoms with van der Waals surface area (Å²) in [6, 6.07) is 1.07. The van der Waals surface area contributed by atoms with Gasteiger partial charge in [0.1, 0.15) is 35.9 Å². The monoisotopic (exact) mass is 981 g/mol. The second-order valence-electron chi connectivity index (χ2n) is 17.8. The molecule has 0 bridgehead atoms. The fourth-order valence-corrected chi connectivity index (χ4v) is 7.26. The van der Waals surface area contributed by atoms with E-state index in [-0.39, 0.29) is 49.7 Å². The minimum Gasteiger partial charge on any atom is -0.480 e. The molecule has 1 aliphatic rings. The summed E-state index contributed by atoms with van der Waals surface area (Å²) in [6.45, 7) is 13.6. The zero-order valence-electron chi connectivity index (χ0n) is 41.3. The lowest BCUT2D eigenvalue weighted by Gasteiger charge is -2.27. The lowest BCUT2D eigenvalue weighted by atomic mass is 9.94. The van der Waals surface area contributed by atoms with E-state index in [4.69, 9.17) is 16.2 Å². The zero-order chi connectivity index (χ0) is 52.8. The van der Waals surface area contributed by atoms with E-state index < -0.39 is 120 Å². The number of guanidine groups is 1. The van der Waals surface area contributed by atoms with Crippen molar-refractivity contribution in [1.82, 2.24) is 36.8 Å². The van der Waals surface area contributed by atoms with Crippen LogP contribution in [0.2, 0.25) is 0 Å². The fraction of sp³-hybridized carbons (Fsp3) is 0.542. The molecular formula is C48H72N10O12. The molecule has 0 radical (unpaired) electrons. The van der Waals surface area contributed by atoms with Gasteiger partial charge in [-0.05, 0) is 57.4 Å². The molecule has 0 spiro atoms. The maximum Gasteiger partial charge on any atom is 0.326 e. The Morgan fingerprint density at radius 1 is 0.871 bits per heavy atom. The number of hydrogen-bond donors (Lipinski definition) is 10. The lowest BCUT2D eigenvalue weighted by molar-refractivity contribution is -0.144. The minimum absolute atomic E-state index is 0.0117. The quantitative estimate of drug-likeness (QED) is 0.0374. The first-order valence-corrected chi connectivity index (χ1v) is 23.1. The first-order chi connectivity index (χ1) is 32.8. The smallest absolute Gasteiger partial charge is 0.326 e. The number of benzene rings is 1. The SMILES string of the molecule is C=C1C(=O)N[C@H](C)C(=O)N[C@@H](CC(C)C)C(=O)N[C@@H](C(=O)O)CC(=O)N[C@@H](CCCN=C(N)N)C(=O)N[C@@H](/C=C/C(C)=C/[C@H](C)[C@H](Cc2ccccc2)OC)[C@H](C)C(=O)N[C@@H](C(=O)O)CCC(=O)N1C. The molecule has 0 unspecified atom stereocenters. The minimum atomic E-state index is -1.85. The van der Waals surface area contributed by atoms with Gasteiger partial charge in [0.15, 0.2) is 5.96 Å². The number of methoxy groups -OCH3 is 1. The van der Waals surface area contributed by atoms with E-state index in [1.54, 1.807) is 34.0 Å². The Bertz CT molecular complexity index is 2120. The van der Waals surface area contributed by atoms with Crippen LogP contribution in [0.15, 0.2) is 71.4 Å². The number of carboxylic acid groups (broad SMARTS) is 2. The van der Waals surface area contributed by atoms with Crippen LogP contribution >= 0.6 is 0 Å². The number of likely N-dealkylation sites (N-methyl/N-ethyl adjacent to an activating group) is 1. The Kier molecular flexibility index (Phi) is 24.5. The van der Waals surface area contributed by atoms with Crippen LogP contribution in [-0.4, -0.2) is 137 Å². The molecule has 0 saturated carbocycles. The molecular weight excluding hydrogens is 909 g/mol. The van der Waals surface area contributed by atoms with E-state index >= 15 is 0 Å². The van der Waals surface area contributed by atoms with E-state index in [1.807, 2.05) is 43.3 Å². The summed E-state index contributed by atoms with van der Waals surface area (Å²) in [5, 5.41) is 35.2. The molecule has 7 amide bonds. The predicted octanol–water partition coefficient (Wildman–Crippen LogP) is 0.372. The Hall–Kier alpha value is -7.10. The first kappa shape index (κ1) is 59.0. The van der Waals surface area contributed by atoms with Crippen LogP contribution in [0.1, 0.15) is 85.6 Å². The topological polar surface area (TPSA) is 343 Å². The van der Waals surface area contributed by atoms with E-state index in [1.165, 1.54) is 27.0 Å². The van der Waals surface area contributed by atoms with E-state index in [0.717, 1.165) is 10.5 Å². The van der Waals surface area contributed by atoms with Crippen LogP contribution in [0.3, 0.4) is 0 Å². The molecule has 1 fully saturated rings. The highest BCUT2D eigenvalue weighted by Crippen LogP contribution is 2.19. The maximum atomic E-state index is 14.3. The van der Waals surface area contributed by atoms with Crippen molar-refractivity contribution < 1.29 is 58.1 Å². The number of nitrogens with zero attached hydrogens (tertiary/aromatic N) is 2. The number of nitrogens with two attached hydrogens (primary N) is 2. The van der Waals surface area contributed by atoms with Crippen LogP contribution in [0, 0.1) is 17.8 Å². The normalized spacial score (nSPS) is 24.4. The van der Waals surface area contributed by atoms with Gasteiger partial charge in [-0.2, -0.15) is 0 Å². The van der Waals surface area contributed by atoms with Crippen molar-refractivity contribution >= 4 is 59.2 Å². The number of carboxylic acids is 2. The van der Waals surface area contributed by atoms with E-state index in [0.29, 0.717) is 12.0 Å². The number of carbonyl (C=O) groups is 9. The van der Waals surface area contributed by atoms with Gasteiger partial charge < -0.3 is 63.2 Å². The Labute approximate surface area is 408 Å². The number of aliphatic imine (C=N–C) groups is 1. The van der Waals surface area contributed by atoms with Crippen molar-refractivity contribution in [3.05, 3.63) is 72.0 Å². The van der Waals surface area contributed by atoms with Gasteiger partial charge in [0, 0.05) is 33.0 Å². The number of amides is 7. The van der Waals surface area contributed by atoms with Crippen LogP contribution in [-0.2, 0) is 54.3 Å². The third-order valence-electron chi connectivity index (χ3n) is 11.5. The molecule has 1 aromatic rings. The third-order valence-corrected chi connectivity index (χ3v) is 11.5. The number of nitrogens with one attached hydrogen (secondary N) is 6. The molecule has 1 saturated heterocycles. The van der Waals surface area contributed by atoms with E-state index in [2.05, 4.69) is 43.5 Å². The van der Waals surface area contributed by atoms with Crippen LogP contribution in [0.25, 0.3) is 0 Å². The largest absolute Gasteiger partial charge is 0.480 e. The summed E-state index contributed by atoms with van der Waals surface area (Å²) < 4.78 is 5.81. The summed E-state index contributed by atoms with van der Waals surface area (Å²) in [4.78, 5) is 125. The average Bonchev–Trinajstić information content (AvgIpc) is 3.29. The van der Waals surface area contributed by atoms with E-state index in [9.17, 15) is 53.4 Å². The van der Waals surface area contributed by atoms with Crippen LogP contribution in [0.4, 0.5) is 0 Å². The molecule has 12 N–H and O–H groups in total. The summed E-state index contributed by atoms with van der Waals surface area (Å²) in [5.41, 5.74) is 12.3. The summed E-state index contributed by atoms with van der Waals surface area (Å²) >= 11 is 0. The van der Waals surface area contributed by atoms with Crippen molar-refractivity contribution in [2.75, 3.05) is 20.7 Å². The van der Waals surface area contributed by atoms with Gasteiger partial charge in [0.05, 0.1) is 24.5 Å². The highest BCUT2D eigenvalue weighted by molar-refractivity contribution is 6.00. The molecule has 22 nitrogen and oxygen atoms in total. The molecule has 22 heteroatoms. The molecule has 0 aliphatic carbocycles. The zero-order valence-corrected chi connectivity index (χ0v) is 41.3. The second-order valence-corrected chi connectivity index (χ2v) is 17.8. The van der Waals surface area contributed by atoms with Gasteiger partial charge in [-0.3, -0.25) is 38.6 Å². The molecule has 0 aromatic heterocycles. The third kappa shape index (κ3) is 20.2. The highest BCUT2D eigenvalue weighted by Gasteiger charge is 2.34. The van der Waals surface area contributed by atoms with Crippen molar-refractivity contribution in [3.8, 4) is 0 Å². The average molecular weight is 981 g/mol. The number of aliphatic carboxylic acids is 2. The lowest BCUT2D eigenvalue weighted by Crippen LogP contribution is -2.57.